The molecule has 1 aliphatic rings. The van der Waals surface area contributed by atoms with E-state index < -0.39 is 0 Å². The molecule has 1 atom stereocenters. The lowest BCUT2D eigenvalue weighted by Crippen LogP contribution is -2.40. The maximum absolute atomic E-state index is 2.76. The van der Waals surface area contributed by atoms with Gasteiger partial charge < -0.3 is 4.90 Å². The highest BCUT2D eigenvalue weighted by atomic mass is 15.2. The lowest BCUT2D eigenvalue weighted by atomic mass is 9.87. The SMILES string of the molecule is CCC(CCC(C)C)N1CCC(c2ccc(C)cc2)CC1. The smallest absolute Gasteiger partial charge is 0.00927 e. The molecular formula is C20H33N. The van der Waals surface area contributed by atoms with Crippen LogP contribution in [0.25, 0.3) is 0 Å². The van der Waals surface area contributed by atoms with Crippen molar-refractivity contribution in [1.29, 1.82) is 0 Å². The summed E-state index contributed by atoms with van der Waals surface area (Å²) in [5.41, 5.74) is 2.92. The third-order valence-electron chi connectivity index (χ3n) is 5.14. The van der Waals surface area contributed by atoms with Crippen LogP contribution in [0.4, 0.5) is 0 Å². The largest absolute Gasteiger partial charge is 0.300 e. The number of piperidine rings is 1. The van der Waals surface area contributed by atoms with Crippen molar-refractivity contribution in [3.63, 3.8) is 0 Å². The van der Waals surface area contributed by atoms with E-state index in [1.807, 2.05) is 0 Å². The van der Waals surface area contributed by atoms with E-state index in [1.165, 1.54) is 50.8 Å². The molecule has 1 aliphatic heterocycles. The van der Waals surface area contributed by atoms with E-state index in [2.05, 4.69) is 56.9 Å². The second-order valence-electron chi connectivity index (χ2n) is 7.25. The lowest BCUT2D eigenvalue weighted by molar-refractivity contribution is 0.136. The molecule has 0 saturated carbocycles. The minimum absolute atomic E-state index is 0.782. The predicted molar refractivity (Wildman–Crippen MR) is 92.9 cm³/mol. The van der Waals surface area contributed by atoms with Crippen molar-refractivity contribution in [1.82, 2.24) is 4.90 Å². The van der Waals surface area contributed by atoms with E-state index in [4.69, 9.17) is 0 Å². The molecule has 1 fully saturated rings. The van der Waals surface area contributed by atoms with Crippen LogP contribution in [-0.4, -0.2) is 24.0 Å². The molecule has 0 aliphatic carbocycles. The zero-order chi connectivity index (χ0) is 15.2. The van der Waals surface area contributed by atoms with Gasteiger partial charge in [-0.3, -0.25) is 0 Å². The van der Waals surface area contributed by atoms with Gasteiger partial charge in [0.15, 0.2) is 0 Å². The number of hydrogen-bond acceptors (Lipinski definition) is 1. The van der Waals surface area contributed by atoms with Gasteiger partial charge in [0.05, 0.1) is 0 Å². The third kappa shape index (κ3) is 4.85. The standard InChI is InChI=1S/C20H33N/c1-5-20(11-6-16(2)3)21-14-12-19(13-15-21)18-9-7-17(4)8-10-18/h7-10,16,19-20H,5-6,11-15H2,1-4H3. The quantitative estimate of drug-likeness (QED) is 0.678. The monoisotopic (exact) mass is 287 g/mol. The molecule has 1 nitrogen and oxygen atoms in total. The number of rotatable bonds is 6. The Morgan fingerprint density at radius 1 is 1.05 bits per heavy atom. The second-order valence-corrected chi connectivity index (χ2v) is 7.25. The van der Waals surface area contributed by atoms with Crippen molar-refractivity contribution >= 4 is 0 Å². The van der Waals surface area contributed by atoms with Gasteiger partial charge in [-0.2, -0.15) is 0 Å². The third-order valence-corrected chi connectivity index (χ3v) is 5.14. The topological polar surface area (TPSA) is 3.24 Å². The zero-order valence-corrected chi connectivity index (χ0v) is 14.4. The minimum atomic E-state index is 0.782. The zero-order valence-electron chi connectivity index (χ0n) is 14.4. The molecule has 1 aromatic rings. The number of benzene rings is 1. The van der Waals surface area contributed by atoms with Crippen molar-refractivity contribution in [2.75, 3.05) is 13.1 Å². The summed E-state index contributed by atoms with van der Waals surface area (Å²) < 4.78 is 0. The molecule has 0 spiro atoms. The molecule has 1 unspecified atom stereocenters. The van der Waals surface area contributed by atoms with Gasteiger partial charge in [-0.25, -0.2) is 0 Å². The van der Waals surface area contributed by atoms with Crippen molar-refractivity contribution < 1.29 is 0 Å². The Bertz CT molecular complexity index is 398. The summed E-state index contributed by atoms with van der Waals surface area (Å²) in [7, 11) is 0. The first-order valence-corrected chi connectivity index (χ1v) is 8.90. The lowest BCUT2D eigenvalue weighted by Gasteiger charge is -2.38. The summed E-state index contributed by atoms with van der Waals surface area (Å²) in [6.07, 6.45) is 6.73. The number of aryl methyl sites for hydroxylation is 1. The van der Waals surface area contributed by atoms with Crippen molar-refractivity contribution in [2.45, 2.75) is 71.8 Å². The van der Waals surface area contributed by atoms with E-state index in [-0.39, 0.29) is 0 Å². The Balaban J connectivity index is 1.85. The minimum Gasteiger partial charge on any atom is -0.300 e. The Morgan fingerprint density at radius 3 is 2.19 bits per heavy atom. The van der Waals surface area contributed by atoms with E-state index in [9.17, 15) is 0 Å². The molecule has 21 heavy (non-hydrogen) atoms. The maximum Gasteiger partial charge on any atom is 0.00927 e. The second kappa shape index (κ2) is 7.98. The average molecular weight is 287 g/mol. The molecule has 1 aromatic carbocycles. The van der Waals surface area contributed by atoms with Gasteiger partial charge in [0.1, 0.15) is 0 Å². The first kappa shape index (κ1) is 16.5. The fraction of sp³-hybridized carbons (Fsp3) is 0.700. The van der Waals surface area contributed by atoms with Crippen LogP contribution in [0.1, 0.15) is 69.9 Å². The van der Waals surface area contributed by atoms with Gasteiger partial charge >= 0.3 is 0 Å². The van der Waals surface area contributed by atoms with Gasteiger partial charge in [0, 0.05) is 6.04 Å². The summed E-state index contributed by atoms with van der Waals surface area (Å²) in [6.45, 7) is 11.8. The normalized spacial score (nSPS) is 19.1. The molecular weight excluding hydrogens is 254 g/mol. The molecule has 1 heteroatoms. The van der Waals surface area contributed by atoms with Crippen LogP contribution >= 0.6 is 0 Å². The van der Waals surface area contributed by atoms with Crippen LogP contribution in [0.3, 0.4) is 0 Å². The van der Waals surface area contributed by atoms with Crippen LogP contribution in [0, 0.1) is 12.8 Å². The first-order chi connectivity index (χ1) is 10.1. The molecule has 2 rings (SSSR count). The van der Waals surface area contributed by atoms with Crippen LogP contribution in [-0.2, 0) is 0 Å². The summed E-state index contributed by atoms with van der Waals surface area (Å²) in [4.78, 5) is 2.76. The molecule has 0 bridgehead atoms. The van der Waals surface area contributed by atoms with Gasteiger partial charge in [-0.05, 0) is 69.5 Å². The van der Waals surface area contributed by atoms with E-state index in [0.29, 0.717) is 0 Å². The molecule has 0 radical (unpaired) electrons. The summed E-state index contributed by atoms with van der Waals surface area (Å²) in [5, 5.41) is 0. The summed E-state index contributed by atoms with van der Waals surface area (Å²) in [6, 6.07) is 10.0. The highest BCUT2D eigenvalue weighted by Crippen LogP contribution is 2.30. The Labute approximate surface area is 131 Å². The molecule has 0 N–H and O–H groups in total. The number of hydrogen-bond donors (Lipinski definition) is 0. The molecule has 0 amide bonds. The number of likely N-dealkylation sites (tertiary alicyclic amines) is 1. The van der Waals surface area contributed by atoms with Crippen molar-refractivity contribution in [2.24, 2.45) is 5.92 Å². The summed E-state index contributed by atoms with van der Waals surface area (Å²) >= 11 is 0. The fourth-order valence-electron chi connectivity index (χ4n) is 3.61. The van der Waals surface area contributed by atoms with Gasteiger partial charge in [0.25, 0.3) is 0 Å². The van der Waals surface area contributed by atoms with Gasteiger partial charge in [-0.15, -0.1) is 0 Å². The molecule has 1 heterocycles. The van der Waals surface area contributed by atoms with Gasteiger partial charge in [0.2, 0.25) is 0 Å². The molecule has 0 aromatic heterocycles. The van der Waals surface area contributed by atoms with Gasteiger partial charge in [-0.1, -0.05) is 50.6 Å². The van der Waals surface area contributed by atoms with Crippen LogP contribution in [0.2, 0.25) is 0 Å². The van der Waals surface area contributed by atoms with E-state index in [1.54, 1.807) is 5.56 Å². The van der Waals surface area contributed by atoms with E-state index in [0.717, 1.165) is 17.9 Å². The van der Waals surface area contributed by atoms with Crippen LogP contribution < -0.4 is 0 Å². The van der Waals surface area contributed by atoms with E-state index >= 15 is 0 Å². The molecule has 118 valence electrons. The molecule has 1 saturated heterocycles. The highest BCUT2D eigenvalue weighted by molar-refractivity contribution is 5.24. The van der Waals surface area contributed by atoms with Crippen LogP contribution in [0.5, 0.6) is 0 Å². The fourth-order valence-corrected chi connectivity index (χ4v) is 3.61. The Morgan fingerprint density at radius 2 is 1.67 bits per heavy atom. The van der Waals surface area contributed by atoms with Crippen molar-refractivity contribution in [3.8, 4) is 0 Å². The average Bonchev–Trinajstić information content (AvgIpc) is 2.49. The van der Waals surface area contributed by atoms with Crippen LogP contribution in [0.15, 0.2) is 24.3 Å². The first-order valence-electron chi connectivity index (χ1n) is 8.90. The predicted octanol–water partition coefficient (Wildman–Crippen LogP) is 5.39. The highest BCUT2D eigenvalue weighted by Gasteiger charge is 2.24. The maximum atomic E-state index is 2.76. The Hall–Kier alpha value is -0.820. The van der Waals surface area contributed by atoms with Crippen molar-refractivity contribution in [3.05, 3.63) is 35.4 Å². The summed E-state index contributed by atoms with van der Waals surface area (Å²) in [5.74, 6) is 1.62. The number of nitrogens with zero attached hydrogens (tertiary/aromatic N) is 1. The Kier molecular flexibility index (Phi) is 6.29.